The third-order valence-electron chi connectivity index (χ3n) is 14.2. The van der Waals surface area contributed by atoms with Gasteiger partial charge in [0.1, 0.15) is 23.3 Å². The number of likely N-dealkylation sites (tertiary alicyclic amines) is 2. The van der Waals surface area contributed by atoms with Gasteiger partial charge in [0.05, 0.1) is 42.5 Å². The molecule has 2 atom stereocenters. The Labute approximate surface area is 375 Å². The fraction of sp³-hybridized carbons (Fsp3) is 0.551. The van der Waals surface area contributed by atoms with Gasteiger partial charge in [0.2, 0.25) is 0 Å². The van der Waals surface area contributed by atoms with E-state index in [2.05, 4.69) is 57.4 Å². The van der Waals surface area contributed by atoms with Crippen molar-refractivity contribution in [3.05, 3.63) is 82.7 Å². The lowest BCUT2D eigenvalue weighted by Crippen LogP contribution is -2.57. The number of piperidine rings is 1. The minimum absolute atomic E-state index is 0.0291. The van der Waals surface area contributed by atoms with E-state index >= 15 is 0 Å². The monoisotopic (exact) mass is 877 g/mol. The molecule has 5 heterocycles. The number of morpholine rings is 1. The minimum Gasteiger partial charge on any atom is -0.506 e. The number of carboxylic acid groups (broad SMARTS) is 1. The van der Waals surface area contributed by atoms with Crippen LogP contribution in [-0.4, -0.2) is 142 Å². The van der Waals surface area contributed by atoms with Gasteiger partial charge in [-0.15, -0.1) is 0 Å². The summed E-state index contributed by atoms with van der Waals surface area (Å²) in [7, 11) is 0. The number of aliphatic carboxylic acids is 1. The van der Waals surface area contributed by atoms with Gasteiger partial charge in [0.25, 0.3) is 11.8 Å². The van der Waals surface area contributed by atoms with E-state index in [1.165, 1.54) is 43.2 Å². The zero-order valence-corrected chi connectivity index (χ0v) is 37.1. The number of benzene rings is 3. The average Bonchev–Trinajstić information content (AvgIpc) is 3.87. The summed E-state index contributed by atoms with van der Waals surface area (Å²) in [6.07, 6.45) is 9.56. The topological polar surface area (TPSA) is 171 Å². The second kappa shape index (κ2) is 19.6. The van der Waals surface area contributed by atoms with Crippen LogP contribution < -0.4 is 15.4 Å². The molecule has 1 aromatic heterocycles. The van der Waals surface area contributed by atoms with Gasteiger partial charge in [-0.3, -0.25) is 24.2 Å². The summed E-state index contributed by atoms with van der Waals surface area (Å²) in [6.45, 7) is 9.24. The number of aromatic hydroxyl groups is 1. The maximum absolute atomic E-state index is 13.9. The first-order chi connectivity index (χ1) is 31.1. The molecule has 9 rings (SSSR count). The summed E-state index contributed by atoms with van der Waals surface area (Å²) in [4.78, 5) is 49.4. The standard InChI is InChI=1S/C49H63N7O8/c1-33-51-39-29-37(10-12-40(39)56(33)38-8-3-2-4-9-38)47(59)55-25-27-64-49(32-55)17-22-53(23-18-49)30-35-7-5-6-34(28-35)16-26-62-42-15-21-54(45(42)48(60)61)24-20-50-19-14-36-11-13-41(57)44-46(36)63-31-43(58)52-44/h5-7,10-13,28-29,38,42,45,50,57H,2-4,8-9,14-27,30-32H2,1H3,(H,52,58)(H,60,61)/t42?,45-/m0/s1. The Bertz CT molecular complexity index is 2320. The van der Waals surface area contributed by atoms with Gasteiger partial charge in [-0.2, -0.15) is 0 Å². The number of aryl methyl sites for hydroxylation is 1. The van der Waals surface area contributed by atoms with Crippen LogP contribution in [0.4, 0.5) is 5.69 Å². The Hall–Kier alpha value is -5.06. The highest BCUT2D eigenvalue weighted by Gasteiger charge is 2.42. The van der Waals surface area contributed by atoms with Gasteiger partial charge in [0.15, 0.2) is 12.4 Å². The van der Waals surface area contributed by atoms with Crippen molar-refractivity contribution in [2.45, 2.75) is 101 Å². The fourth-order valence-electron chi connectivity index (χ4n) is 10.8. The number of aromatic nitrogens is 2. The molecular weight excluding hydrogens is 815 g/mol. The first-order valence-electron chi connectivity index (χ1n) is 23.4. The molecule has 4 fully saturated rings. The van der Waals surface area contributed by atoms with Crippen LogP contribution in [0.2, 0.25) is 0 Å². The lowest BCUT2D eigenvalue weighted by atomic mass is 9.88. The zero-order chi connectivity index (χ0) is 44.2. The number of rotatable bonds is 15. The van der Waals surface area contributed by atoms with Crippen LogP contribution in [0.5, 0.6) is 11.5 Å². The number of carbonyl (C=O) groups is 3. The molecule has 4 aromatic rings. The highest BCUT2D eigenvalue weighted by molar-refractivity contribution is 5.98. The molecule has 1 unspecified atom stereocenters. The second-order valence-corrected chi connectivity index (χ2v) is 18.4. The summed E-state index contributed by atoms with van der Waals surface area (Å²) >= 11 is 0. The van der Waals surface area contributed by atoms with E-state index in [0.29, 0.717) is 94.8 Å². The summed E-state index contributed by atoms with van der Waals surface area (Å²) in [5, 5.41) is 26.4. The normalized spacial score (nSPS) is 21.8. The Balaban J connectivity index is 0.709. The Morgan fingerprint density at radius 2 is 1.80 bits per heavy atom. The van der Waals surface area contributed by atoms with Gasteiger partial charge < -0.3 is 44.5 Å². The van der Waals surface area contributed by atoms with Gasteiger partial charge in [0, 0.05) is 57.4 Å². The van der Waals surface area contributed by atoms with E-state index in [4.69, 9.17) is 19.2 Å². The van der Waals surface area contributed by atoms with Crippen molar-refractivity contribution in [1.82, 2.24) is 29.6 Å². The minimum atomic E-state index is -0.869. The van der Waals surface area contributed by atoms with Crippen LogP contribution in [0.1, 0.15) is 90.3 Å². The molecule has 4 aliphatic heterocycles. The Kier molecular flexibility index (Phi) is 13.5. The lowest BCUT2D eigenvalue weighted by Gasteiger charge is -2.47. The second-order valence-electron chi connectivity index (χ2n) is 18.4. The SMILES string of the molecule is Cc1nc2cc(C(=O)N3CCOC4(CCN(Cc5cccc(CCOC6CCN(CCNCCc7ccc(O)c8c7OCC(=O)N8)[C@@H]6C(=O)O)c5)CC4)C3)ccc2n1C1CCCCC1. The molecule has 5 aliphatic rings. The van der Waals surface area contributed by atoms with Crippen molar-refractivity contribution in [3.8, 4) is 11.5 Å². The lowest BCUT2D eigenvalue weighted by molar-refractivity contribution is -0.146. The molecule has 4 N–H and O–H groups in total. The molecule has 3 saturated heterocycles. The van der Waals surface area contributed by atoms with E-state index in [-0.39, 0.29) is 35.9 Å². The number of carboxylic acids is 1. The highest BCUT2D eigenvalue weighted by Crippen LogP contribution is 2.39. The molecule has 15 nitrogen and oxygen atoms in total. The van der Waals surface area contributed by atoms with Gasteiger partial charge in [-0.25, -0.2) is 4.98 Å². The van der Waals surface area contributed by atoms with Crippen molar-refractivity contribution in [2.24, 2.45) is 0 Å². The number of phenolic OH excluding ortho intramolecular Hbond substituents is 1. The Morgan fingerprint density at radius 3 is 2.62 bits per heavy atom. The van der Waals surface area contributed by atoms with Crippen molar-refractivity contribution in [2.75, 3.05) is 77.5 Å². The van der Waals surface area contributed by atoms with Crippen LogP contribution >= 0.6 is 0 Å². The van der Waals surface area contributed by atoms with Gasteiger partial charge in [-0.05, 0) is 99.4 Å². The van der Waals surface area contributed by atoms with E-state index in [1.807, 2.05) is 21.9 Å². The number of ether oxygens (including phenoxy) is 3. The van der Waals surface area contributed by atoms with Crippen molar-refractivity contribution >= 4 is 34.5 Å². The summed E-state index contributed by atoms with van der Waals surface area (Å²) < 4.78 is 20.7. The first-order valence-corrected chi connectivity index (χ1v) is 23.4. The van der Waals surface area contributed by atoms with Crippen LogP contribution in [-0.2, 0) is 38.4 Å². The van der Waals surface area contributed by atoms with Crippen molar-refractivity contribution in [3.63, 3.8) is 0 Å². The molecule has 1 aliphatic carbocycles. The van der Waals surface area contributed by atoms with Crippen LogP contribution in [0.15, 0.2) is 54.6 Å². The predicted octanol–water partition coefficient (Wildman–Crippen LogP) is 5.31. The van der Waals surface area contributed by atoms with E-state index < -0.39 is 12.0 Å². The fourth-order valence-corrected chi connectivity index (χ4v) is 10.8. The summed E-state index contributed by atoms with van der Waals surface area (Å²) in [6, 6.07) is 17.8. The molecule has 1 spiro atoms. The molecule has 342 valence electrons. The van der Waals surface area contributed by atoms with E-state index in [1.54, 1.807) is 12.1 Å². The average molecular weight is 878 g/mol. The van der Waals surface area contributed by atoms with Crippen molar-refractivity contribution in [1.29, 1.82) is 0 Å². The summed E-state index contributed by atoms with van der Waals surface area (Å²) in [5.41, 5.74) is 5.98. The largest absolute Gasteiger partial charge is 0.506 e. The highest BCUT2D eigenvalue weighted by atomic mass is 16.5. The third-order valence-corrected chi connectivity index (χ3v) is 14.2. The summed E-state index contributed by atoms with van der Waals surface area (Å²) in [5.74, 6) is 0.381. The van der Waals surface area contributed by atoms with Gasteiger partial charge >= 0.3 is 5.97 Å². The number of fused-ring (bicyclic) bond motifs is 2. The number of imidazole rings is 1. The predicted molar refractivity (Wildman–Crippen MR) is 242 cm³/mol. The quantitative estimate of drug-likeness (QED) is 0.0898. The molecule has 15 heteroatoms. The molecule has 2 amide bonds. The van der Waals surface area contributed by atoms with E-state index in [9.17, 15) is 24.6 Å². The molecule has 1 saturated carbocycles. The number of nitrogens with zero attached hydrogens (tertiary/aromatic N) is 5. The first kappa shape index (κ1) is 44.2. The number of nitrogens with one attached hydrogen (secondary N) is 2. The molecule has 3 aromatic carbocycles. The number of hydrogen-bond acceptors (Lipinski definition) is 11. The molecule has 0 bridgehead atoms. The number of anilines is 1. The zero-order valence-electron chi connectivity index (χ0n) is 37.1. The van der Waals surface area contributed by atoms with Crippen LogP contribution in [0, 0.1) is 6.92 Å². The van der Waals surface area contributed by atoms with Crippen LogP contribution in [0.25, 0.3) is 11.0 Å². The number of carbonyl (C=O) groups excluding carboxylic acids is 2. The molecule has 0 radical (unpaired) electrons. The maximum atomic E-state index is 13.9. The van der Waals surface area contributed by atoms with Gasteiger partial charge in [-0.1, -0.05) is 49.6 Å². The number of phenols is 1. The molecule has 64 heavy (non-hydrogen) atoms. The maximum Gasteiger partial charge on any atom is 0.323 e. The number of hydrogen-bond donors (Lipinski definition) is 4. The number of amides is 2. The Morgan fingerprint density at radius 1 is 0.969 bits per heavy atom. The molecular formula is C49H63N7O8. The third kappa shape index (κ3) is 9.79. The van der Waals surface area contributed by atoms with E-state index in [0.717, 1.165) is 54.9 Å². The smallest absolute Gasteiger partial charge is 0.323 e. The van der Waals surface area contributed by atoms with Crippen LogP contribution in [0.3, 0.4) is 0 Å². The van der Waals surface area contributed by atoms with Crippen molar-refractivity contribution < 1.29 is 38.8 Å².